The van der Waals surface area contributed by atoms with Crippen LogP contribution in [0.25, 0.3) is 0 Å². The van der Waals surface area contributed by atoms with E-state index in [1.807, 2.05) is 0 Å². The second-order valence-corrected chi connectivity index (χ2v) is 4.77. The Morgan fingerprint density at radius 1 is 1.53 bits per heavy atom. The molecule has 1 fully saturated rings. The molecule has 0 aromatic rings. The van der Waals surface area contributed by atoms with Crippen LogP contribution in [0, 0.1) is 11.8 Å². The molecule has 0 aromatic carbocycles. The van der Waals surface area contributed by atoms with Gasteiger partial charge in [0, 0.05) is 12.3 Å². The highest BCUT2D eigenvalue weighted by atomic mass is 16.5. The lowest BCUT2D eigenvalue weighted by Gasteiger charge is -2.18. The number of unbranched alkanes of at least 4 members (excludes halogenated alkanes) is 2. The zero-order valence-electron chi connectivity index (χ0n) is 10.8. The molecule has 2 atom stereocenters. The molecule has 1 aliphatic carbocycles. The van der Waals surface area contributed by atoms with Gasteiger partial charge < -0.3 is 9.94 Å². The van der Waals surface area contributed by atoms with Gasteiger partial charge in [0.2, 0.25) is 0 Å². The van der Waals surface area contributed by atoms with Gasteiger partial charge in [-0.05, 0) is 25.2 Å². The van der Waals surface area contributed by atoms with Crippen LogP contribution in [0.4, 0.5) is 0 Å². The first-order chi connectivity index (χ1) is 8.22. The van der Waals surface area contributed by atoms with E-state index in [9.17, 15) is 4.79 Å². The summed E-state index contributed by atoms with van der Waals surface area (Å²) in [5, 5.41) is 12.4. The van der Waals surface area contributed by atoms with E-state index in [4.69, 9.17) is 9.94 Å². The molecule has 0 heterocycles. The Labute approximate surface area is 103 Å². The Morgan fingerprint density at radius 2 is 2.29 bits per heavy atom. The van der Waals surface area contributed by atoms with Crippen molar-refractivity contribution in [3.63, 3.8) is 0 Å². The molecule has 0 bridgehead atoms. The van der Waals surface area contributed by atoms with E-state index >= 15 is 0 Å². The van der Waals surface area contributed by atoms with Crippen molar-refractivity contribution in [3.05, 3.63) is 0 Å². The maximum absolute atomic E-state index is 11.3. The van der Waals surface area contributed by atoms with Gasteiger partial charge in [0.15, 0.2) is 0 Å². The Hall–Kier alpha value is -1.06. The lowest BCUT2D eigenvalue weighted by molar-refractivity contribution is -0.141. The van der Waals surface area contributed by atoms with Crippen LogP contribution in [-0.2, 0) is 9.53 Å². The largest absolute Gasteiger partial charge is 0.469 e. The van der Waals surface area contributed by atoms with Gasteiger partial charge >= 0.3 is 5.97 Å². The topological polar surface area (TPSA) is 58.9 Å². The minimum atomic E-state index is -0.158. The highest BCUT2D eigenvalue weighted by molar-refractivity contribution is 5.89. The molecule has 1 saturated carbocycles. The van der Waals surface area contributed by atoms with Gasteiger partial charge in [0.05, 0.1) is 12.8 Å². The average molecular weight is 241 g/mol. The van der Waals surface area contributed by atoms with Gasteiger partial charge in [-0.25, -0.2) is 0 Å². The maximum atomic E-state index is 11.3. The molecule has 1 rings (SSSR count). The smallest absolute Gasteiger partial charge is 0.305 e. The fraction of sp³-hybridized carbons (Fsp3) is 0.846. The molecule has 0 saturated heterocycles. The van der Waals surface area contributed by atoms with E-state index in [1.54, 1.807) is 0 Å². The molecule has 0 radical (unpaired) electrons. The summed E-state index contributed by atoms with van der Waals surface area (Å²) in [5.41, 5.74) is 0.870. The van der Waals surface area contributed by atoms with Crippen molar-refractivity contribution >= 4 is 11.7 Å². The van der Waals surface area contributed by atoms with E-state index in [2.05, 4.69) is 12.1 Å². The predicted octanol–water partition coefficient (Wildman–Crippen LogP) is 2.99. The number of esters is 1. The number of oxime groups is 1. The average Bonchev–Trinajstić information content (AvgIpc) is 2.72. The minimum Gasteiger partial charge on any atom is -0.469 e. The molecule has 98 valence electrons. The number of hydrogen-bond acceptors (Lipinski definition) is 4. The van der Waals surface area contributed by atoms with E-state index in [1.165, 1.54) is 20.0 Å². The van der Waals surface area contributed by atoms with E-state index in [0.29, 0.717) is 12.3 Å². The molecule has 17 heavy (non-hydrogen) atoms. The summed E-state index contributed by atoms with van der Waals surface area (Å²) in [4.78, 5) is 11.3. The van der Waals surface area contributed by atoms with Gasteiger partial charge in [-0.1, -0.05) is 31.3 Å². The highest BCUT2D eigenvalue weighted by Gasteiger charge is 2.34. The van der Waals surface area contributed by atoms with Crippen LogP contribution in [0.15, 0.2) is 5.16 Å². The summed E-state index contributed by atoms with van der Waals surface area (Å²) >= 11 is 0. The predicted molar refractivity (Wildman–Crippen MR) is 66.2 cm³/mol. The number of nitrogens with zero attached hydrogens (tertiary/aromatic N) is 1. The van der Waals surface area contributed by atoms with Crippen molar-refractivity contribution in [2.24, 2.45) is 17.0 Å². The first kappa shape index (κ1) is 14.0. The zero-order valence-corrected chi connectivity index (χ0v) is 10.8. The summed E-state index contributed by atoms with van der Waals surface area (Å²) in [6.07, 6.45) is 6.74. The number of rotatable bonds is 6. The maximum Gasteiger partial charge on any atom is 0.305 e. The monoisotopic (exact) mass is 241 g/mol. The Kier molecular flexibility index (Phi) is 6.01. The Bertz CT molecular complexity index is 276. The summed E-state index contributed by atoms with van der Waals surface area (Å²) in [6.45, 7) is 2.17. The highest BCUT2D eigenvalue weighted by Crippen LogP contribution is 2.35. The third-order valence-electron chi connectivity index (χ3n) is 3.67. The molecule has 0 amide bonds. The third kappa shape index (κ3) is 4.02. The SMILES string of the molecule is CCCCC[C@H]1/C(=N/O)CC[C@@H]1CC(=O)OC. The molecular weight excluding hydrogens is 218 g/mol. The van der Waals surface area contributed by atoms with E-state index < -0.39 is 0 Å². The van der Waals surface area contributed by atoms with Gasteiger partial charge in [-0.2, -0.15) is 0 Å². The first-order valence-corrected chi connectivity index (χ1v) is 6.50. The van der Waals surface area contributed by atoms with Crippen LogP contribution >= 0.6 is 0 Å². The molecule has 4 nitrogen and oxygen atoms in total. The second-order valence-electron chi connectivity index (χ2n) is 4.77. The van der Waals surface area contributed by atoms with Gasteiger partial charge in [-0.15, -0.1) is 0 Å². The van der Waals surface area contributed by atoms with Crippen molar-refractivity contribution in [1.82, 2.24) is 0 Å². The Morgan fingerprint density at radius 3 is 2.88 bits per heavy atom. The van der Waals surface area contributed by atoms with Crippen LogP contribution < -0.4 is 0 Å². The number of carbonyl (C=O) groups is 1. The molecule has 4 heteroatoms. The number of methoxy groups -OCH3 is 1. The normalized spacial score (nSPS) is 26.4. The zero-order chi connectivity index (χ0) is 12.7. The number of hydrogen-bond donors (Lipinski definition) is 1. The Balaban J connectivity index is 2.53. The van der Waals surface area contributed by atoms with Crippen molar-refractivity contribution in [2.45, 2.75) is 51.9 Å². The fourth-order valence-corrected chi connectivity index (χ4v) is 2.67. The van der Waals surface area contributed by atoms with Crippen molar-refractivity contribution < 1.29 is 14.7 Å². The molecule has 0 aromatic heterocycles. The summed E-state index contributed by atoms with van der Waals surface area (Å²) < 4.78 is 4.71. The van der Waals surface area contributed by atoms with E-state index in [0.717, 1.165) is 31.4 Å². The molecule has 0 spiro atoms. The number of ether oxygens (including phenoxy) is 1. The molecule has 1 aliphatic rings. The lowest BCUT2D eigenvalue weighted by atomic mass is 9.87. The molecule has 0 unspecified atom stereocenters. The van der Waals surface area contributed by atoms with Crippen LogP contribution in [0.2, 0.25) is 0 Å². The molecular formula is C13H23NO3. The van der Waals surface area contributed by atoms with Gasteiger partial charge in [-0.3, -0.25) is 4.79 Å². The fourth-order valence-electron chi connectivity index (χ4n) is 2.67. The van der Waals surface area contributed by atoms with Crippen LogP contribution in [0.3, 0.4) is 0 Å². The minimum absolute atomic E-state index is 0.158. The number of carbonyl (C=O) groups excluding carboxylic acids is 1. The second kappa shape index (κ2) is 7.30. The van der Waals surface area contributed by atoms with E-state index in [-0.39, 0.29) is 11.9 Å². The van der Waals surface area contributed by atoms with Crippen LogP contribution in [-0.4, -0.2) is 24.0 Å². The van der Waals surface area contributed by atoms with Crippen LogP contribution in [0.1, 0.15) is 51.9 Å². The lowest BCUT2D eigenvalue weighted by Crippen LogP contribution is -2.18. The standard InChI is InChI=1S/C13H23NO3/c1-3-4-5-6-11-10(9-13(15)17-2)7-8-12(11)14-16/h10-11,16H,3-9H2,1-2H3/b14-12+/t10-,11-/m1/s1. The molecule has 1 N–H and O–H groups in total. The van der Waals surface area contributed by atoms with Gasteiger partial charge in [0.1, 0.15) is 0 Å². The summed E-state index contributed by atoms with van der Waals surface area (Å²) in [6, 6.07) is 0. The van der Waals surface area contributed by atoms with Crippen molar-refractivity contribution in [2.75, 3.05) is 7.11 Å². The first-order valence-electron chi connectivity index (χ1n) is 6.50. The van der Waals surface area contributed by atoms with Gasteiger partial charge in [0.25, 0.3) is 0 Å². The van der Waals surface area contributed by atoms with Crippen molar-refractivity contribution in [3.8, 4) is 0 Å². The quantitative estimate of drug-likeness (QED) is 0.336. The van der Waals surface area contributed by atoms with Crippen molar-refractivity contribution in [1.29, 1.82) is 0 Å². The third-order valence-corrected chi connectivity index (χ3v) is 3.67. The summed E-state index contributed by atoms with van der Waals surface area (Å²) in [7, 11) is 1.42. The molecule has 0 aliphatic heterocycles. The summed E-state index contributed by atoms with van der Waals surface area (Å²) in [5.74, 6) is 0.408. The van der Waals surface area contributed by atoms with Crippen LogP contribution in [0.5, 0.6) is 0 Å².